The number of carbonyl (C=O) groups is 1. The van der Waals surface area contributed by atoms with Gasteiger partial charge in [0.15, 0.2) is 11.5 Å². The molecule has 26 heavy (non-hydrogen) atoms. The van der Waals surface area contributed by atoms with Crippen LogP contribution in [-0.4, -0.2) is 25.2 Å². The van der Waals surface area contributed by atoms with Crippen LogP contribution in [0.25, 0.3) is 11.5 Å². The Bertz CT molecular complexity index is 902. The summed E-state index contributed by atoms with van der Waals surface area (Å²) >= 11 is 0. The Balaban J connectivity index is 2.00. The van der Waals surface area contributed by atoms with Gasteiger partial charge >= 0.3 is 5.97 Å². The van der Waals surface area contributed by atoms with Gasteiger partial charge in [-0.05, 0) is 24.6 Å². The lowest BCUT2D eigenvalue weighted by atomic mass is 10.1. The van der Waals surface area contributed by atoms with Crippen LogP contribution in [0, 0.1) is 6.92 Å². The smallest absolute Gasteiger partial charge is 0.338 e. The van der Waals surface area contributed by atoms with E-state index >= 15 is 0 Å². The first-order valence-electron chi connectivity index (χ1n) is 8.02. The second kappa shape index (κ2) is 7.74. The average molecular weight is 353 g/mol. The fourth-order valence-corrected chi connectivity index (χ4v) is 2.50. The quantitative estimate of drug-likeness (QED) is 0.623. The molecule has 0 bridgehead atoms. The first-order chi connectivity index (χ1) is 12.6. The van der Waals surface area contributed by atoms with Gasteiger partial charge in [0, 0.05) is 0 Å². The SMILES string of the molecule is COC(=O)c1cc(OCc2ccccc2)c(OC)cc1-c1ncc(C)o1. The predicted molar refractivity (Wildman–Crippen MR) is 95.3 cm³/mol. The van der Waals surface area contributed by atoms with E-state index in [0.717, 1.165) is 5.56 Å². The zero-order valence-corrected chi connectivity index (χ0v) is 14.8. The van der Waals surface area contributed by atoms with E-state index in [4.69, 9.17) is 18.6 Å². The van der Waals surface area contributed by atoms with Crippen LogP contribution >= 0.6 is 0 Å². The summed E-state index contributed by atoms with van der Waals surface area (Å²) in [5.41, 5.74) is 1.77. The van der Waals surface area contributed by atoms with Gasteiger partial charge in [-0.25, -0.2) is 9.78 Å². The molecule has 0 aliphatic carbocycles. The lowest BCUT2D eigenvalue weighted by Gasteiger charge is -2.14. The van der Waals surface area contributed by atoms with Gasteiger partial charge in [0.05, 0.1) is 31.5 Å². The van der Waals surface area contributed by atoms with E-state index in [2.05, 4.69) is 4.98 Å². The standard InChI is InChI=1S/C20H19NO5/c1-13-11-21-19(26-13)15-9-17(23-2)18(10-16(15)20(22)24-3)25-12-14-7-5-4-6-8-14/h4-11H,12H2,1-3H3. The maximum atomic E-state index is 12.3. The number of esters is 1. The maximum absolute atomic E-state index is 12.3. The Labute approximate surface area is 151 Å². The van der Waals surface area contributed by atoms with Crippen molar-refractivity contribution in [3.05, 3.63) is 65.5 Å². The first kappa shape index (κ1) is 17.5. The highest BCUT2D eigenvalue weighted by atomic mass is 16.5. The topological polar surface area (TPSA) is 70.8 Å². The molecule has 0 saturated carbocycles. The van der Waals surface area contributed by atoms with E-state index < -0.39 is 5.97 Å². The number of oxazole rings is 1. The maximum Gasteiger partial charge on any atom is 0.338 e. The summed E-state index contributed by atoms with van der Waals surface area (Å²) in [6.07, 6.45) is 1.59. The van der Waals surface area contributed by atoms with Crippen molar-refractivity contribution in [1.82, 2.24) is 4.98 Å². The van der Waals surface area contributed by atoms with Gasteiger partial charge in [-0.3, -0.25) is 0 Å². The van der Waals surface area contributed by atoms with E-state index in [1.54, 1.807) is 25.3 Å². The molecule has 134 valence electrons. The number of methoxy groups -OCH3 is 2. The van der Waals surface area contributed by atoms with Crippen LogP contribution in [-0.2, 0) is 11.3 Å². The molecule has 0 spiro atoms. The summed E-state index contributed by atoms with van der Waals surface area (Å²) < 4.78 is 21.7. The van der Waals surface area contributed by atoms with Crippen molar-refractivity contribution in [1.29, 1.82) is 0 Å². The van der Waals surface area contributed by atoms with Crippen molar-refractivity contribution < 1.29 is 23.4 Å². The Kier molecular flexibility index (Phi) is 5.22. The molecule has 0 radical (unpaired) electrons. The summed E-state index contributed by atoms with van der Waals surface area (Å²) in [6.45, 7) is 2.12. The van der Waals surface area contributed by atoms with Crippen LogP contribution in [0.3, 0.4) is 0 Å². The van der Waals surface area contributed by atoms with Crippen molar-refractivity contribution in [3.63, 3.8) is 0 Å². The third-order valence-electron chi connectivity index (χ3n) is 3.80. The number of nitrogens with zero attached hydrogens (tertiary/aromatic N) is 1. The van der Waals surface area contributed by atoms with Crippen LogP contribution in [0.4, 0.5) is 0 Å². The van der Waals surface area contributed by atoms with Crippen LogP contribution in [0.15, 0.2) is 53.1 Å². The summed E-state index contributed by atoms with van der Waals surface area (Å²) in [5.74, 6) is 1.35. The minimum atomic E-state index is -0.511. The Morgan fingerprint density at radius 1 is 1.12 bits per heavy atom. The van der Waals surface area contributed by atoms with Crippen LogP contribution in [0.5, 0.6) is 11.5 Å². The number of hydrogen-bond donors (Lipinski definition) is 0. The molecule has 0 aliphatic rings. The lowest BCUT2D eigenvalue weighted by Crippen LogP contribution is -2.06. The Morgan fingerprint density at radius 3 is 2.50 bits per heavy atom. The second-order valence-corrected chi connectivity index (χ2v) is 5.59. The molecule has 1 heterocycles. The van der Waals surface area contributed by atoms with Crippen molar-refractivity contribution in [2.75, 3.05) is 14.2 Å². The zero-order valence-electron chi connectivity index (χ0n) is 14.8. The Morgan fingerprint density at radius 2 is 1.88 bits per heavy atom. The van der Waals surface area contributed by atoms with Gasteiger partial charge in [-0.15, -0.1) is 0 Å². The number of aryl methyl sites for hydroxylation is 1. The van der Waals surface area contributed by atoms with Gasteiger partial charge < -0.3 is 18.6 Å². The highest BCUT2D eigenvalue weighted by Crippen LogP contribution is 2.36. The molecule has 2 aromatic carbocycles. The van der Waals surface area contributed by atoms with Gasteiger partial charge in [0.25, 0.3) is 0 Å². The van der Waals surface area contributed by atoms with Crippen molar-refractivity contribution in [2.45, 2.75) is 13.5 Å². The summed E-state index contributed by atoms with van der Waals surface area (Å²) in [7, 11) is 2.86. The largest absolute Gasteiger partial charge is 0.493 e. The molecule has 0 saturated heterocycles. The monoisotopic (exact) mass is 353 g/mol. The van der Waals surface area contributed by atoms with E-state index in [1.165, 1.54) is 14.2 Å². The Hall–Kier alpha value is -3.28. The average Bonchev–Trinajstić information content (AvgIpc) is 3.12. The normalized spacial score (nSPS) is 10.4. The number of carbonyl (C=O) groups excluding carboxylic acids is 1. The van der Waals surface area contributed by atoms with Gasteiger partial charge in [-0.1, -0.05) is 30.3 Å². The number of rotatable bonds is 6. The molecule has 0 N–H and O–H groups in total. The van der Waals surface area contributed by atoms with E-state index in [-0.39, 0.29) is 0 Å². The van der Waals surface area contributed by atoms with Crippen LogP contribution < -0.4 is 9.47 Å². The van der Waals surface area contributed by atoms with Crippen molar-refractivity contribution in [2.24, 2.45) is 0 Å². The predicted octanol–water partition coefficient (Wildman–Crippen LogP) is 4.02. The van der Waals surface area contributed by atoms with Gasteiger partial charge in [0.1, 0.15) is 12.4 Å². The molecule has 6 heteroatoms. The minimum Gasteiger partial charge on any atom is -0.493 e. The van der Waals surface area contributed by atoms with Crippen LogP contribution in [0.2, 0.25) is 0 Å². The van der Waals surface area contributed by atoms with E-state index in [0.29, 0.717) is 40.9 Å². The second-order valence-electron chi connectivity index (χ2n) is 5.59. The molecule has 3 aromatic rings. The number of benzene rings is 2. The molecule has 0 aliphatic heterocycles. The lowest BCUT2D eigenvalue weighted by molar-refractivity contribution is 0.0600. The highest BCUT2D eigenvalue weighted by molar-refractivity contribution is 5.97. The van der Waals surface area contributed by atoms with Gasteiger partial charge in [0.2, 0.25) is 5.89 Å². The molecule has 0 fully saturated rings. The van der Waals surface area contributed by atoms with Crippen LogP contribution in [0.1, 0.15) is 21.7 Å². The first-order valence-corrected chi connectivity index (χ1v) is 8.02. The fraction of sp³-hybridized carbons (Fsp3) is 0.200. The summed E-state index contributed by atoms with van der Waals surface area (Å²) in [5, 5.41) is 0. The number of aromatic nitrogens is 1. The molecular formula is C20H19NO5. The summed E-state index contributed by atoms with van der Waals surface area (Å²) in [4.78, 5) is 16.4. The highest BCUT2D eigenvalue weighted by Gasteiger charge is 2.21. The van der Waals surface area contributed by atoms with E-state index in [1.807, 2.05) is 30.3 Å². The molecule has 6 nitrogen and oxygen atoms in total. The van der Waals surface area contributed by atoms with Crippen molar-refractivity contribution in [3.8, 4) is 23.0 Å². The zero-order chi connectivity index (χ0) is 18.5. The molecule has 0 amide bonds. The summed E-state index contributed by atoms with van der Waals surface area (Å²) in [6, 6.07) is 13.0. The molecule has 0 unspecified atom stereocenters. The molecule has 1 aromatic heterocycles. The molecular weight excluding hydrogens is 334 g/mol. The van der Waals surface area contributed by atoms with Crippen molar-refractivity contribution >= 4 is 5.97 Å². The number of hydrogen-bond acceptors (Lipinski definition) is 6. The fourth-order valence-electron chi connectivity index (χ4n) is 2.50. The molecule has 3 rings (SSSR count). The number of ether oxygens (including phenoxy) is 3. The van der Waals surface area contributed by atoms with Gasteiger partial charge in [-0.2, -0.15) is 0 Å². The van der Waals surface area contributed by atoms with E-state index in [9.17, 15) is 4.79 Å². The molecule has 0 atom stereocenters. The third-order valence-corrected chi connectivity index (χ3v) is 3.80. The minimum absolute atomic E-state index is 0.290. The third kappa shape index (κ3) is 3.69.